The molecule has 14 heavy (non-hydrogen) atoms. The summed E-state index contributed by atoms with van der Waals surface area (Å²) in [5.74, 6) is -1.09. The minimum Gasteiger partial charge on any atom is -0.477 e. The molecule has 1 fully saturated rings. The molecule has 4 heteroatoms. The molecule has 74 valence electrons. The first kappa shape index (κ1) is 9.12. The Balaban J connectivity index is 2.25. The molecule has 0 radical (unpaired) electrons. The van der Waals surface area contributed by atoms with Gasteiger partial charge in [0.2, 0.25) is 0 Å². The fraction of sp³-hybridized carbons (Fsp3) is 0.400. The van der Waals surface area contributed by atoms with E-state index < -0.39 is 11.6 Å². The average Bonchev–Trinajstić information content (AvgIpc) is 2.14. The molecule has 1 heterocycles. The molecule has 1 aliphatic rings. The van der Waals surface area contributed by atoms with Gasteiger partial charge in [0.15, 0.2) is 0 Å². The van der Waals surface area contributed by atoms with Crippen LogP contribution in [0, 0.1) is 0 Å². The maximum absolute atomic E-state index is 13.8. The van der Waals surface area contributed by atoms with Crippen molar-refractivity contribution in [1.82, 2.24) is 4.98 Å². The van der Waals surface area contributed by atoms with Gasteiger partial charge in [-0.1, -0.05) is 6.07 Å². The highest BCUT2D eigenvalue weighted by molar-refractivity contribution is 5.85. The highest BCUT2D eigenvalue weighted by Gasteiger charge is 2.39. The topological polar surface area (TPSA) is 50.2 Å². The minimum absolute atomic E-state index is 0.0447. The maximum Gasteiger partial charge on any atom is 0.354 e. The van der Waals surface area contributed by atoms with Gasteiger partial charge in [-0.15, -0.1) is 0 Å². The molecule has 1 aromatic rings. The summed E-state index contributed by atoms with van der Waals surface area (Å²) in [5, 5.41) is 8.59. The van der Waals surface area contributed by atoms with Crippen molar-refractivity contribution in [2.75, 3.05) is 0 Å². The van der Waals surface area contributed by atoms with Crippen molar-refractivity contribution in [3.05, 3.63) is 29.6 Å². The number of pyridine rings is 1. The number of aromatic nitrogens is 1. The molecule has 0 aliphatic heterocycles. The number of rotatable bonds is 2. The van der Waals surface area contributed by atoms with Crippen LogP contribution in [0.3, 0.4) is 0 Å². The lowest BCUT2D eigenvalue weighted by Crippen LogP contribution is -2.28. The number of halogens is 1. The number of hydrogen-bond acceptors (Lipinski definition) is 2. The van der Waals surface area contributed by atoms with Gasteiger partial charge < -0.3 is 5.11 Å². The Bertz CT molecular complexity index is 357. The summed E-state index contributed by atoms with van der Waals surface area (Å²) < 4.78 is 13.8. The van der Waals surface area contributed by atoms with Crippen molar-refractivity contribution in [3.63, 3.8) is 0 Å². The van der Waals surface area contributed by atoms with Crippen LogP contribution in [-0.2, 0) is 5.67 Å². The maximum atomic E-state index is 13.8. The predicted molar refractivity (Wildman–Crippen MR) is 47.8 cm³/mol. The molecule has 1 aromatic heterocycles. The largest absolute Gasteiger partial charge is 0.477 e. The Morgan fingerprint density at radius 2 is 2.21 bits per heavy atom. The molecule has 1 N–H and O–H groups in total. The number of alkyl halides is 1. The van der Waals surface area contributed by atoms with E-state index >= 15 is 0 Å². The third-order valence-electron chi connectivity index (χ3n) is 2.65. The van der Waals surface area contributed by atoms with E-state index in [4.69, 9.17) is 5.11 Å². The fourth-order valence-electron chi connectivity index (χ4n) is 1.56. The van der Waals surface area contributed by atoms with E-state index in [1.807, 2.05) is 0 Å². The van der Waals surface area contributed by atoms with Crippen LogP contribution in [0.25, 0.3) is 0 Å². The summed E-state index contributed by atoms with van der Waals surface area (Å²) in [7, 11) is 0. The standard InChI is InChI=1S/C10H10FNO2/c11-10(4-1-5-10)7-2-3-8(9(13)14)12-6-7/h2-3,6H,1,4-5H2,(H,13,14). The van der Waals surface area contributed by atoms with Crippen LogP contribution < -0.4 is 0 Å². The molecule has 0 atom stereocenters. The lowest BCUT2D eigenvalue weighted by molar-refractivity contribution is 0.0599. The fourth-order valence-corrected chi connectivity index (χ4v) is 1.56. The van der Waals surface area contributed by atoms with Gasteiger partial charge in [0.25, 0.3) is 0 Å². The zero-order chi connectivity index (χ0) is 10.2. The van der Waals surface area contributed by atoms with E-state index in [0.717, 1.165) is 6.42 Å². The average molecular weight is 195 g/mol. The Kier molecular flexibility index (Phi) is 1.98. The Hall–Kier alpha value is -1.45. The van der Waals surface area contributed by atoms with Gasteiger partial charge in [-0.05, 0) is 25.3 Å². The van der Waals surface area contributed by atoms with Crippen LogP contribution >= 0.6 is 0 Å². The van der Waals surface area contributed by atoms with E-state index in [2.05, 4.69) is 4.98 Å². The SMILES string of the molecule is O=C(O)c1ccc(C2(F)CCC2)cn1. The van der Waals surface area contributed by atoms with E-state index in [1.54, 1.807) is 0 Å². The Labute approximate surface area is 80.6 Å². The normalized spacial score (nSPS) is 18.6. The number of carboxylic acid groups (broad SMARTS) is 1. The van der Waals surface area contributed by atoms with Crippen molar-refractivity contribution in [1.29, 1.82) is 0 Å². The number of aromatic carboxylic acids is 1. The van der Waals surface area contributed by atoms with Crippen LogP contribution in [-0.4, -0.2) is 16.1 Å². The second-order valence-electron chi connectivity index (χ2n) is 3.56. The van der Waals surface area contributed by atoms with Crippen molar-refractivity contribution in [2.24, 2.45) is 0 Å². The van der Waals surface area contributed by atoms with E-state index in [-0.39, 0.29) is 5.69 Å². The van der Waals surface area contributed by atoms with Gasteiger partial charge in [0, 0.05) is 11.8 Å². The second kappa shape index (κ2) is 3.04. The summed E-state index contributed by atoms with van der Waals surface area (Å²) in [6.45, 7) is 0. The Morgan fingerprint density at radius 1 is 1.50 bits per heavy atom. The van der Waals surface area contributed by atoms with Crippen LogP contribution in [0.5, 0.6) is 0 Å². The summed E-state index contributed by atoms with van der Waals surface area (Å²) >= 11 is 0. The molecule has 0 amide bonds. The van der Waals surface area contributed by atoms with Gasteiger partial charge in [0.05, 0.1) is 0 Å². The quantitative estimate of drug-likeness (QED) is 0.786. The lowest BCUT2D eigenvalue weighted by atomic mass is 9.77. The van der Waals surface area contributed by atoms with Crippen LogP contribution in [0.2, 0.25) is 0 Å². The second-order valence-corrected chi connectivity index (χ2v) is 3.56. The number of hydrogen-bond donors (Lipinski definition) is 1. The summed E-state index contributed by atoms with van der Waals surface area (Å²) in [6, 6.07) is 2.85. The van der Waals surface area contributed by atoms with Gasteiger partial charge in [0.1, 0.15) is 11.4 Å². The minimum atomic E-state index is -1.26. The molecule has 0 aromatic carbocycles. The molecule has 1 saturated carbocycles. The van der Waals surface area contributed by atoms with Crippen LogP contribution in [0.15, 0.2) is 18.3 Å². The third kappa shape index (κ3) is 1.36. The van der Waals surface area contributed by atoms with Gasteiger partial charge in [-0.2, -0.15) is 0 Å². The van der Waals surface area contributed by atoms with Gasteiger partial charge in [-0.3, -0.25) is 0 Å². The first-order valence-corrected chi connectivity index (χ1v) is 4.50. The smallest absolute Gasteiger partial charge is 0.354 e. The first-order chi connectivity index (χ1) is 6.62. The number of carbonyl (C=O) groups is 1. The lowest BCUT2D eigenvalue weighted by Gasteiger charge is -2.33. The van der Waals surface area contributed by atoms with Crippen LogP contribution in [0.4, 0.5) is 4.39 Å². The number of nitrogens with zero attached hydrogens (tertiary/aromatic N) is 1. The zero-order valence-corrected chi connectivity index (χ0v) is 7.53. The molecule has 1 aliphatic carbocycles. The predicted octanol–water partition coefficient (Wildman–Crippen LogP) is 2.13. The zero-order valence-electron chi connectivity index (χ0n) is 7.53. The van der Waals surface area contributed by atoms with E-state index in [9.17, 15) is 9.18 Å². The van der Waals surface area contributed by atoms with Crippen molar-refractivity contribution >= 4 is 5.97 Å². The molecule has 0 bridgehead atoms. The summed E-state index contributed by atoms with van der Waals surface area (Å²) in [5.41, 5.74) is -0.810. The van der Waals surface area contributed by atoms with Gasteiger partial charge >= 0.3 is 5.97 Å². The van der Waals surface area contributed by atoms with E-state index in [1.165, 1.54) is 18.3 Å². The molecular weight excluding hydrogens is 185 g/mol. The van der Waals surface area contributed by atoms with Crippen LogP contribution in [0.1, 0.15) is 35.3 Å². The number of carboxylic acids is 1. The first-order valence-electron chi connectivity index (χ1n) is 4.50. The monoisotopic (exact) mass is 195 g/mol. The van der Waals surface area contributed by atoms with Crippen molar-refractivity contribution in [2.45, 2.75) is 24.9 Å². The molecule has 0 unspecified atom stereocenters. The molecule has 2 rings (SSSR count). The molecule has 0 saturated heterocycles. The van der Waals surface area contributed by atoms with Crippen molar-refractivity contribution in [3.8, 4) is 0 Å². The highest BCUT2D eigenvalue weighted by atomic mass is 19.1. The summed E-state index contributed by atoms with van der Waals surface area (Å²) in [4.78, 5) is 14.2. The van der Waals surface area contributed by atoms with Gasteiger partial charge in [-0.25, -0.2) is 14.2 Å². The highest BCUT2D eigenvalue weighted by Crippen LogP contribution is 2.44. The molecule has 3 nitrogen and oxygen atoms in total. The molecule has 0 spiro atoms. The Morgan fingerprint density at radius 3 is 2.57 bits per heavy atom. The summed E-state index contributed by atoms with van der Waals surface area (Å²) in [6.07, 6.45) is 3.24. The van der Waals surface area contributed by atoms with Crippen molar-refractivity contribution < 1.29 is 14.3 Å². The molecular formula is C10H10FNO2. The third-order valence-corrected chi connectivity index (χ3v) is 2.65. The van der Waals surface area contributed by atoms with E-state index in [0.29, 0.717) is 18.4 Å².